The fraction of sp³-hybridized carbons (Fsp3) is 0.538. The van der Waals surface area contributed by atoms with Gasteiger partial charge in [0.15, 0.2) is 0 Å². The zero-order valence-corrected chi connectivity index (χ0v) is 12.0. The van der Waals surface area contributed by atoms with E-state index in [9.17, 15) is 4.21 Å². The van der Waals surface area contributed by atoms with Gasteiger partial charge >= 0.3 is 0 Å². The van der Waals surface area contributed by atoms with E-state index in [4.69, 9.17) is 11.6 Å². The average Bonchev–Trinajstić information content (AvgIpc) is 2.27. The number of halogens is 1. The molecule has 2 nitrogen and oxygen atoms in total. The highest BCUT2D eigenvalue weighted by Crippen LogP contribution is 2.16. The SMILES string of the molecule is CC(C)NCCCS(=O)Cc1ccccc1Cl. The monoisotopic (exact) mass is 273 g/mol. The summed E-state index contributed by atoms with van der Waals surface area (Å²) < 4.78 is 11.8. The van der Waals surface area contributed by atoms with Crippen LogP contribution in [0, 0.1) is 0 Å². The molecule has 0 aliphatic carbocycles. The third-order valence-electron chi connectivity index (χ3n) is 2.38. The zero-order valence-electron chi connectivity index (χ0n) is 10.4. The summed E-state index contributed by atoms with van der Waals surface area (Å²) >= 11 is 6.02. The Morgan fingerprint density at radius 2 is 2.06 bits per heavy atom. The molecule has 0 saturated carbocycles. The zero-order chi connectivity index (χ0) is 12.7. The Morgan fingerprint density at radius 1 is 1.35 bits per heavy atom. The Hall–Kier alpha value is -0.380. The van der Waals surface area contributed by atoms with Crippen LogP contribution < -0.4 is 5.32 Å². The van der Waals surface area contributed by atoms with Crippen molar-refractivity contribution in [1.82, 2.24) is 5.32 Å². The molecule has 1 aromatic carbocycles. The number of nitrogens with one attached hydrogen (secondary N) is 1. The largest absolute Gasteiger partial charge is 0.315 e. The highest BCUT2D eigenvalue weighted by atomic mass is 35.5. The van der Waals surface area contributed by atoms with Crippen molar-refractivity contribution in [3.05, 3.63) is 34.9 Å². The van der Waals surface area contributed by atoms with E-state index in [0.717, 1.165) is 24.3 Å². The Kier molecular flexibility index (Phi) is 6.78. The molecule has 0 spiro atoms. The van der Waals surface area contributed by atoms with Crippen molar-refractivity contribution in [1.29, 1.82) is 0 Å². The minimum atomic E-state index is -0.820. The molecule has 0 aliphatic rings. The number of benzene rings is 1. The van der Waals surface area contributed by atoms with Crippen LogP contribution in [0.1, 0.15) is 25.8 Å². The fourth-order valence-electron chi connectivity index (χ4n) is 1.48. The number of hydrogen-bond acceptors (Lipinski definition) is 2. The van der Waals surface area contributed by atoms with Crippen LogP contribution in [0.4, 0.5) is 0 Å². The first-order valence-electron chi connectivity index (χ1n) is 5.91. The lowest BCUT2D eigenvalue weighted by atomic mass is 10.2. The van der Waals surface area contributed by atoms with Crippen molar-refractivity contribution in [3.63, 3.8) is 0 Å². The van der Waals surface area contributed by atoms with Crippen LogP contribution in [0.15, 0.2) is 24.3 Å². The molecule has 1 atom stereocenters. The number of rotatable bonds is 7. The van der Waals surface area contributed by atoms with E-state index in [-0.39, 0.29) is 0 Å². The predicted molar refractivity (Wildman–Crippen MR) is 75.9 cm³/mol. The van der Waals surface area contributed by atoms with Crippen LogP contribution in [0.5, 0.6) is 0 Å². The van der Waals surface area contributed by atoms with Gasteiger partial charge in [-0.1, -0.05) is 43.6 Å². The Morgan fingerprint density at radius 3 is 2.71 bits per heavy atom. The molecule has 1 aromatic rings. The summed E-state index contributed by atoms with van der Waals surface area (Å²) in [5, 5.41) is 4.02. The van der Waals surface area contributed by atoms with Crippen molar-refractivity contribution < 1.29 is 4.21 Å². The smallest absolute Gasteiger partial charge is 0.0500 e. The van der Waals surface area contributed by atoms with Crippen LogP contribution >= 0.6 is 11.6 Å². The molecule has 0 aromatic heterocycles. The third-order valence-corrected chi connectivity index (χ3v) is 4.12. The molecule has 0 fully saturated rings. The van der Waals surface area contributed by atoms with E-state index in [0.29, 0.717) is 16.8 Å². The maximum absolute atomic E-state index is 11.8. The van der Waals surface area contributed by atoms with Crippen LogP contribution in [-0.4, -0.2) is 22.5 Å². The van der Waals surface area contributed by atoms with Crippen LogP contribution in [-0.2, 0) is 16.6 Å². The Labute approximate surface area is 111 Å². The van der Waals surface area contributed by atoms with E-state index in [1.165, 1.54) is 0 Å². The average molecular weight is 274 g/mol. The molecule has 4 heteroatoms. The van der Waals surface area contributed by atoms with Gasteiger partial charge in [-0.15, -0.1) is 0 Å². The van der Waals surface area contributed by atoms with Gasteiger partial charge in [0.25, 0.3) is 0 Å². The van der Waals surface area contributed by atoms with E-state index in [1.807, 2.05) is 24.3 Å². The molecule has 1 N–H and O–H groups in total. The van der Waals surface area contributed by atoms with Gasteiger partial charge in [0.1, 0.15) is 0 Å². The molecule has 1 unspecified atom stereocenters. The minimum absolute atomic E-state index is 0.493. The van der Waals surface area contributed by atoms with E-state index in [2.05, 4.69) is 19.2 Å². The highest BCUT2D eigenvalue weighted by molar-refractivity contribution is 7.84. The predicted octanol–water partition coefficient (Wildman–Crippen LogP) is 2.98. The standard InChI is InChI=1S/C13H20ClNOS/c1-11(2)15-8-5-9-17(16)10-12-6-3-4-7-13(12)14/h3-4,6-7,11,15H,5,8-10H2,1-2H3. The van der Waals surface area contributed by atoms with Crippen LogP contribution in [0.2, 0.25) is 5.02 Å². The van der Waals surface area contributed by atoms with Gasteiger partial charge in [-0.3, -0.25) is 4.21 Å². The second-order valence-corrected chi connectivity index (χ2v) is 6.33. The summed E-state index contributed by atoms with van der Waals surface area (Å²) in [6.07, 6.45) is 0.940. The molecule has 0 saturated heterocycles. The van der Waals surface area contributed by atoms with Gasteiger partial charge in [-0.2, -0.15) is 0 Å². The maximum atomic E-state index is 11.8. The molecule has 0 heterocycles. The normalized spacial score (nSPS) is 12.9. The second kappa shape index (κ2) is 7.85. The topological polar surface area (TPSA) is 29.1 Å². The van der Waals surface area contributed by atoms with Gasteiger partial charge in [-0.05, 0) is 24.6 Å². The lowest BCUT2D eigenvalue weighted by Gasteiger charge is -2.08. The minimum Gasteiger partial charge on any atom is -0.315 e. The van der Waals surface area contributed by atoms with Gasteiger partial charge in [-0.25, -0.2) is 0 Å². The van der Waals surface area contributed by atoms with E-state index in [1.54, 1.807) is 0 Å². The first-order chi connectivity index (χ1) is 8.09. The lowest BCUT2D eigenvalue weighted by Crippen LogP contribution is -2.24. The molecule has 1 rings (SSSR count). The Balaban J connectivity index is 2.28. The maximum Gasteiger partial charge on any atom is 0.0500 e. The lowest BCUT2D eigenvalue weighted by molar-refractivity contribution is 0.583. The van der Waals surface area contributed by atoms with Crippen molar-refractivity contribution in [3.8, 4) is 0 Å². The summed E-state index contributed by atoms with van der Waals surface area (Å²) in [7, 11) is -0.820. The summed E-state index contributed by atoms with van der Waals surface area (Å²) in [5.41, 5.74) is 0.976. The Bertz CT molecular complexity index is 368. The summed E-state index contributed by atoms with van der Waals surface area (Å²) in [6.45, 7) is 5.15. The molecule has 0 radical (unpaired) electrons. The first-order valence-corrected chi connectivity index (χ1v) is 7.78. The van der Waals surface area contributed by atoms with Gasteiger partial charge in [0.2, 0.25) is 0 Å². The highest BCUT2D eigenvalue weighted by Gasteiger charge is 2.05. The fourth-order valence-corrected chi connectivity index (χ4v) is 2.98. The number of hydrogen-bond donors (Lipinski definition) is 1. The van der Waals surface area contributed by atoms with Crippen molar-refractivity contribution in [2.75, 3.05) is 12.3 Å². The van der Waals surface area contributed by atoms with Crippen molar-refractivity contribution in [2.45, 2.75) is 32.1 Å². The van der Waals surface area contributed by atoms with E-state index >= 15 is 0 Å². The molecular formula is C13H20ClNOS. The van der Waals surface area contributed by atoms with Gasteiger partial charge < -0.3 is 5.32 Å². The molecule has 17 heavy (non-hydrogen) atoms. The van der Waals surface area contributed by atoms with Crippen LogP contribution in [0.3, 0.4) is 0 Å². The molecule has 96 valence electrons. The first kappa shape index (κ1) is 14.7. The molecule has 0 aliphatic heterocycles. The molecule has 0 amide bonds. The van der Waals surface area contributed by atoms with Crippen molar-refractivity contribution >= 4 is 22.4 Å². The summed E-state index contributed by atoms with van der Waals surface area (Å²) in [4.78, 5) is 0. The van der Waals surface area contributed by atoms with Gasteiger partial charge in [0.05, 0.1) is 0 Å². The van der Waals surface area contributed by atoms with Crippen molar-refractivity contribution in [2.24, 2.45) is 0 Å². The summed E-state index contributed by atoms with van der Waals surface area (Å²) in [5.74, 6) is 1.28. The summed E-state index contributed by atoms with van der Waals surface area (Å²) in [6, 6.07) is 8.09. The van der Waals surface area contributed by atoms with E-state index < -0.39 is 10.8 Å². The van der Waals surface area contributed by atoms with Gasteiger partial charge in [0, 0.05) is 33.4 Å². The molecule has 0 bridgehead atoms. The van der Waals surface area contributed by atoms with Crippen LogP contribution in [0.25, 0.3) is 0 Å². The third kappa shape index (κ3) is 6.20. The second-order valence-electron chi connectivity index (χ2n) is 4.34. The molecular weight excluding hydrogens is 254 g/mol. The quantitative estimate of drug-likeness (QED) is 0.774.